The zero-order valence-electron chi connectivity index (χ0n) is 10.8. The summed E-state index contributed by atoms with van der Waals surface area (Å²) in [7, 11) is 0. The second-order valence-corrected chi connectivity index (χ2v) is 7.66. The molecule has 0 bridgehead atoms. The molecular weight excluding hydrogens is 324 g/mol. The molecule has 3 nitrogen and oxygen atoms in total. The van der Waals surface area contributed by atoms with Gasteiger partial charge in [0, 0.05) is 0 Å². The molecule has 1 aliphatic carbocycles. The monoisotopic (exact) mass is 342 g/mol. The Hall–Kier alpha value is -0.360. The highest BCUT2D eigenvalue weighted by atomic mass is 79.9. The minimum absolute atomic E-state index is 0.306. The van der Waals surface area contributed by atoms with Crippen molar-refractivity contribution in [2.45, 2.75) is 50.8 Å². The second kappa shape index (κ2) is 5.95. The van der Waals surface area contributed by atoms with Crippen molar-refractivity contribution in [3.05, 3.63) is 26.9 Å². The van der Waals surface area contributed by atoms with Crippen LogP contribution in [-0.4, -0.2) is 17.3 Å². The molecule has 0 radical (unpaired) electrons. The zero-order chi connectivity index (χ0) is 13.2. The number of nitrogens with two attached hydrogens (primary N) is 1. The summed E-state index contributed by atoms with van der Waals surface area (Å²) in [5.74, 6) is 0. The van der Waals surface area contributed by atoms with E-state index in [0.717, 1.165) is 9.48 Å². The lowest BCUT2D eigenvalue weighted by Crippen LogP contribution is -2.34. The molecule has 104 valence electrons. The van der Waals surface area contributed by atoms with Crippen LogP contribution in [0.3, 0.4) is 0 Å². The molecule has 0 amide bonds. The van der Waals surface area contributed by atoms with Crippen LogP contribution in [0.5, 0.6) is 0 Å². The highest BCUT2D eigenvalue weighted by molar-refractivity contribution is 9.11. The maximum Gasteiger partial charge on any atom is 0.155 e. The van der Waals surface area contributed by atoms with Crippen LogP contribution in [0.4, 0.5) is 0 Å². The van der Waals surface area contributed by atoms with Crippen molar-refractivity contribution >= 4 is 33.0 Å². The van der Waals surface area contributed by atoms with Crippen molar-refractivity contribution in [2.24, 2.45) is 5.73 Å². The van der Waals surface area contributed by atoms with Crippen molar-refractivity contribution in [3.8, 4) is 0 Å². The predicted octanol–water partition coefficient (Wildman–Crippen LogP) is 4.11. The van der Waals surface area contributed by atoms with Gasteiger partial charge >= 0.3 is 0 Å². The van der Waals surface area contributed by atoms with Gasteiger partial charge in [-0.05, 0) is 47.0 Å². The van der Waals surface area contributed by atoms with Gasteiger partial charge in [-0.1, -0.05) is 25.7 Å². The molecule has 19 heavy (non-hydrogen) atoms. The fourth-order valence-electron chi connectivity index (χ4n) is 2.87. The predicted molar refractivity (Wildman–Crippen MR) is 82.4 cm³/mol. The number of halogens is 1. The molecule has 1 atom stereocenters. The van der Waals surface area contributed by atoms with Gasteiger partial charge in [-0.15, -0.1) is 11.3 Å². The molecule has 0 aromatic carbocycles. The Labute approximate surface area is 126 Å². The van der Waals surface area contributed by atoms with Crippen molar-refractivity contribution < 1.29 is 4.84 Å². The quantitative estimate of drug-likeness (QED) is 0.822. The lowest BCUT2D eigenvalue weighted by Gasteiger charge is -2.29. The second-order valence-electron chi connectivity index (χ2n) is 5.20. The lowest BCUT2D eigenvalue weighted by atomic mass is 10.1. The van der Waals surface area contributed by atoms with Gasteiger partial charge in [0.15, 0.2) is 6.23 Å². The normalized spacial score (nSPS) is 25.5. The van der Waals surface area contributed by atoms with Crippen LogP contribution in [0.15, 0.2) is 22.0 Å². The summed E-state index contributed by atoms with van der Waals surface area (Å²) >= 11 is 5.25. The molecule has 2 N–H and O–H groups in total. The first kappa shape index (κ1) is 13.6. The third-order valence-electron chi connectivity index (χ3n) is 3.78. The summed E-state index contributed by atoms with van der Waals surface area (Å²) in [6, 6.07) is 4.69. The number of hydroxylamine groups is 2. The molecule has 1 fully saturated rings. The summed E-state index contributed by atoms with van der Waals surface area (Å²) < 4.78 is 1.14. The largest absolute Gasteiger partial charge is 0.301 e. The number of hydrogen-bond acceptors (Lipinski definition) is 4. The van der Waals surface area contributed by atoms with Gasteiger partial charge in [0.05, 0.1) is 20.4 Å². The Bertz CT molecular complexity index is 466. The van der Waals surface area contributed by atoms with Crippen LogP contribution in [0.2, 0.25) is 0 Å². The maximum absolute atomic E-state index is 5.96. The van der Waals surface area contributed by atoms with Crippen molar-refractivity contribution in [2.75, 3.05) is 0 Å². The first-order chi connectivity index (χ1) is 9.24. The Morgan fingerprint density at radius 1 is 1.21 bits per heavy atom. The molecule has 1 unspecified atom stereocenters. The molecule has 2 heterocycles. The Kier molecular flexibility index (Phi) is 4.27. The van der Waals surface area contributed by atoms with Crippen molar-refractivity contribution in [1.29, 1.82) is 0 Å². The van der Waals surface area contributed by atoms with Crippen molar-refractivity contribution in [3.63, 3.8) is 0 Å². The number of nitrogens with zero attached hydrogens (tertiary/aromatic N) is 1. The average molecular weight is 343 g/mol. The highest BCUT2D eigenvalue weighted by Gasteiger charge is 2.30. The van der Waals surface area contributed by atoms with Gasteiger partial charge < -0.3 is 5.73 Å². The number of thiophene rings is 1. The van der Waals surface area contributed by atoms with E-state index in [4.69, 9.17) is 10.6 Å². The molecule has 1 aromatic heterocycles. The van der Waals surface area contributed by atoms with E-state index in [9.17, 15) is 0 Å². The Morgan fingerprint density at radius 2 is 1.95 bits per heavy atom. The molecule has 0 saturated heterocycles. The molecular formula is C14H19BrN2OS. The lowest BCUT2D eigenvalue weighted by molar-refractivity contribution is -0.148. The molecule has 0 spiro atoms. The van der Waals surface area contributed by atoms with E-state index < -0.39 is 0 Å². The van der Waals surface area contributed by atoms with Crippen LogP contribution in [0.1, 0.15) is 43.4 Å². The van der Waals surface area contributed by atoms with E-state index in [1.807, 2.05) is 6.08 Å². The van der Waals surface area contributed by atoms with Gasteiger partial charge in [-0.2, -0.15) is 0 Å². The summed E-state index contributed by atoms with van der Waals surface area (Å²) in [5, 5.41) is 2.08. The molecule has 3 rings (SSSR count). The van der Waals surface area contributed by atoms with Crippen LogP contribution >= 0.6 is 27.3 Å². The number of hydrogen-bond donors (Lipinski definition) is 1. The summed E-state index contributed by atoms with van der Waals surface area (Å²) in [5.41, 5.74) is 7.11. The van der Waals surface area contributed by atoms with E-state index in [0.29, 0.717) is 6.04 Å². The minimum atomic E-state index is -0.306. The van der Waals surface area contributed by atoms with Crippen LogP contribution in [0.25, 0.3) is 5.70 Å². The van der Waals surface area contributed by atoms with E-state index in [2.05, 4.69) is 33.1 Å². The zero-order valence-corrected chi connectivity index (χ0v) is 13.3. The molecule has 1 saturated carbocycles. The van der Waals surface area contributed by atoms with E-state index in [1.165, 1.54) is 43.4 Å². The Balaban J connectivity index is 1.82. The molecule has 5 heteroatoms. The standard InChI is InChI=1S/C14H19BrN2OS/c15-13-8-7-12(19-13)11-9-14(16)18-17(11)10-5-3-1-2-4-6-10/h7-10,14H,1-6,16H2. The minimum Gasteiger partial charge on any atom is -0.301 e. The smallest absolute Gasteiger partial charge is 0.155 e. The third-order valence-corrected chi connectivity index (χ3v) is 5.42. The van der Waals surface area contributed by atoms with Crippen LogP contribution < -0.4 is 5.73 Å². The highest BCUT2D eigenvalue weighted by Crippen LogP contribution is 2.37. The van der Waals surface area contributed by atoms with Crippen LogP contribution in [0, 0.1) is 0 Å². The van der Waals surface area contributed by atoms with Gasteiger partial charge in [-0.3, -0.25) is 4.84 Å². The van der Waals surface area contributed by atoms with Gasteiger partial charge in [-0.25, -0.2) is 5.06 Å². The topological polar surface area (TPSA) is 38.5 Å². The fraction of sp³-hybridized carbons (Fsp3) is 0.571. The Morgan fingerprint density at radius 3 is 2.58 bits per heavy atom. The average Bonchev–Trinajstić information content (AvgIpc) is 2.86. The van der Waals surface area contributed by atoms with Gasteiger partial charge in [0.1, 0.15) is 0 Å². The van der Waals surface area contributed by atoms with E-state index in [-0.39, 0.29) is 6.23 Å². The van der Waals surface area contributed by atoms with Crippen molar-refractivity contribution in [1.82, 2.24) is 5.06 Å². The summed E-state index contributed by atoms with van der Waals surface area (Å²) in [4.78, 5) is 7.07. The number of rotatable bonds is 2. The first-order valence-corrected chi connectivity index (χ1v) is 8.54. The SMILES string of the molecule is NC1C=C(c2ccc(Br)s2)N(C2CCCCCC2)O1. The first-order valence-electron chi connectivity index (χ1n) is 6.93. The van der Waals surface area contributed by atoms with Gasteiger partial charge in [0.2, 0.25) is 0 Å². The fourth-order valence-corrected chi connectivity index (χ4v) is 4.27. The van der Waals surface area contributed by atoms with E-state index >= 15 is 0 Å². The van der Waals surface area contributed by atoms with Crippen LogP contribution in [-0.2, 0) is 4.84 Å². The maximum atomic E-state index is 5.96. The molecule has 1 aliphatic heterocycles. The van der Waals surface area contributed by atoms with E-state index in [1.54, 1.807) is 11.3 Å². The summed E-state index contributed by atoms with van der Waals surface area (Å²) in [6.45, 7) is 0. The van der Waals surface area contributed by atoms with Gasteiger partial charge in [0.25, 0.3) is 0 Å². The third kappa shape index (κ3) is 3.05. The summed E-state index contributed by atoms with van der Waals surface area (Å²) in [6.07, 6.45) is 9.41. The molecule has 1 aromatic rings. The molecule has 2 aliphatic rings.